The molecule has 0 aliphatic carbocycles. The highest BCUT2D eigenvalue weighted by atomic mass is 16.5. The topological polar surface area (TPSA) is 94.2 Å². The number of amides is 1. The highest BCUT2D eigenvalue weighted by molar-refractivity contribution is 5.92. The first-order valence-electron chi connectivity index (χ1n) is 9.65. The normalized spacial score (nSPS) is 18.3. The van der Waals surface area contributed by atoms with Gasteiger partial charge in [0.2, 0.25) is 0 Å². The predicted octanol–water partition coefficient (Wildman–Crippen LogP) is 0.967. The van der Waals surface area contributed by atoms with E-state index in [0.29, 0.717) is 25.4 Å². The molecule has 2 aliphatic heterocycles. The molecular weight excluding hydrogens is 342 g/mol. The zero-order valence-corrected chi connectivity index (χ0v) is 15.5. The van der Waals surface area contributed by atoms with E-state index in [4.69, 9.17) is 10.5 Å². The summed E-state index contributed by atoms with van der Waals surface area (Å²) in [5, 5.41) is 10.9. The number of piperidine rings is 1. The Kier molecular flexibility index (Phi) is 5.24. The highest BCUT2D eigenvalue weighted by Crippen LogP contribution is 2.31. The lowest BCUT2D eigenvalue weighted by Gasteiger charge is -2.40. The van der Waals surface area contributed by atoms with Gasteiger partial charge in [-0.2, -0.15) is 5.10 Å². The number of hydrogen-bond donors (Lipinski definition) is 3. The Balaban J connectivity index is 1.37. The van der Waals surface area contributed by atoms with Gasteiger partial charge in [-0.05, 0) is 56.1 Å². The fourth-order valence-electron chi connectivity index (χ4n) is 3.81. The Morgan fingerprint density at radius 1 is 1.26 bits per heavy atom. The van der Waals surface area contributed by atoms with E-state index in [1.165, 1.54) is 5.56 Å². The molecule has 4 rings (SSSR count). The minimum Gasteiger partial charge on any atom is -0.367 e. The molecule has 0 bridgehead atoms. The first-order valence-corrected chi connectivity index (χ1v) is 9.65. The van der Waals surface area contributed by atoms with Crippen LogP contribution < -0.4 is 16.4 Å². The molecule has 1 fully saturated rings. The van der Waals surface area contributed by atoms with Gasteiger partial charge in [-0.1, -0.05) is 24.3 Å². The Morgan fingerprint density at radius 3 is 2.74 bits per heavy atom. The second-order valence-electron chi connectivity index (χ2n) is 7.44. The molecule has 2 aliphatic rings. The molecule has 1 aromatic heterocycles. The van der Waals surface area contributed by atoms with Crippen molar-refractivity contribution in [2.45, 2.75) is 44.6 Å². The molecule has 7 heteroatoms. The Labute approximate surface area is 159 Å². The van der Waals surface area contributed by atoms with Gasteiger partial charge in [0.1, 0.15) is 0 Å². The van der Waals surface area contributed by atoms with Crippen molar-refractivity contribution in [2.75, 3.05) is 19.6 Å². The van der Waals surface area contributed by atoms with Crippen molar-refractivity contribution in [1.82, 2.24) is 20.4 Å². The molecular formula is C20H27N5O2. The molecule has 1 aromatic carbocycles. The first kappa shape index (κ1) is 18.2. The predicted molar refractivity (Wildman–Crippen MR) is 102 cm³/mol. The second-order valence-corrected chi connectivity index (χ2v) is 7.44. The van der Waals surface area contributed by atoms with Crippen molar-refractivity contribution in [3.8, 4) is 0 Å². The number of rotatable bonds is 5. The van der Waals surface area contributed by atoms with E-state index in [9.17, 15) is 4.79 Å². The second kappa shape index (κ2) is 7.80. The molecule has 0 saturated carbocycles. The third-order valence-corrected chi connectivity index (χ3v) is 5.48. The van der Waals surface area contributed by atoms with E-state index in [0.717, 1.165) is 50.2 Å². The van der Waals surface area contributed by atoms with Gasteiger partial charge in [-0.3, -0.25) is 9.48 Å². The number of nitrogens with two attached hydrogens (primary N) is 1. The van der Waals surface area contributed by atoms with Crippen LogP contribution >= 0.6 is 0 Å². The van der Waals surface area contributed by atoms with E-state index in [1.54, 1.807) is 0 Å². The van der Waals surface area contributed by atoms with E-state index in [-0.39, 0.29) is 11.5 Å². The molecule has 0 radical (unpaired) electrons. The summed E-state index contributed by atoms with van der Waals surface area (Å²) in [6.07, 6.45) is 2.83. The van der Waals surface area contributed by atoms with Gasteiger partial charge in [0.25, 0.3) is 5.91 Å². The van der Waals surface area contributed by atoms with Crippen LogP contribution in [0.5, 0.6) is 0 Å². The molecule has 7 nitrogen and oxygen atoms in total. The SMILES string of the molecule is NCCc1ccc(CNC(=O)c2cc3n(n2)CC2(CCNCC2)OC3)cc1. The maximum Gasteiger partial charge on any atom is 0.272 e. The third-order valence-electron chi connectivity index (χ3n) is 5.48. The zero-order valence-electron chi connectivity index (χ0n) is 15.5. The number of benzene rings is 1. The average molecular weight is 369 g/mol. The third kappa shape index (κ3) is 4.05. The molecule has 3 heterocycles. The Hall–Kier alpha value is -2.22. The standard InChI is InChI=1S/C20H27N5O2/c21-8-5-15-1-3-16(4-2-15)12-23-19(26)18-11-17-13-27-20(14-25(17)24-18)6-9-22-10-7-20/h1-4,11,22H,5-10,12-14,21H2,(H,23,26). The number of nitrogens with one attached hydrogen (secondary N) is 2. The van der Waals surface area contributed by atoms with Crippen LogP contribution in [0.25, 0.3) is 0 Å². The Bertz CT molecular complexity index is 793. The summed E-state index contributed by atoms with van der Waals surface area (Å²) in [6, 6.07) is 10.0. The number of carbonyl (C=O) groups excluding carboxylic acids is 1. The van der Waals surface area contributed by atoms with Gasteiger partial charge in [-0.25, -0.2) is 0 Å². The summed E-state index contributed by atoms with van der Waals surface area (Å²) < 4.78 is 8.09. The lowest BCUT2D eigenvalue weighted by atomic mass is 9.91. The summed E-state index contributed by atoms with van der Waals surface area (Å²) >= 11 is 0. The quantitative estimate of drug-likeness (QED) is 0.730. The van der Waals surface area contributed by atoms with Gasteiger partial charge >= 0.3 is 0 Å². The van der Waals surface area contributed by atoms with Crippen LogP contribution in [0.3, 0.4) is 0 Å². The molecule has 4 N–H and O–H groups in total. The van der Waals surface area contributed by atoms with Crippen LogP contribution in [-0.4, -0.2) is 40.9 Å². The van der Waals surface area contributed by atoms with E-state index >= 15 is 0 Å². The smallest absolute Gasteiger partial charge is 0.272 e. The fourth-order valence-corrected chi connectivity index (χ4v) is 3.81. The summed E-state index contributed by atoms with van der Waals surface area (Å²) in [6.45, 7) is 4.30. The average Bonchev–Trinajstić information content (AvgIpc) is 3.11. The van der Waals surface area contributed by atoms with Gasteiger partial charge in [0.05, 0.1) is 24.4 Å². The molecule has 1 amide bonds. The number of fused-ring (bicyclic) bond motifs is 1. The van der Waals surface area contributed by atoms with E-state index < -0.39 is 0 Å². The van der Waals surface area contributed by atoms with E-state index in [2.05, 4.69) is 27.9 Å². The van der Waals surface area contributed by atoms with Crippen molar-refractivity contribution < 1.29 is 9.53 Å². The minimum atomic E-state index is -0.151. The zero-order chi connectivity index (χ0) is 18.7. The maximum absolute atomic E-state index is 12.5. The van der Waals surface area contributed by atoms with Crippen molar-refractivity contribution in [2.24, 2.45) is 5.73 Å². The van der Waals surface area contributed by atoms with Crippen LogP contribution in [0.15, 0.2) is 30.3 Å². The molecule has 2 aromatic rings. The number of carbonyl (C=O) groups is 1. The van der Waals surface area contributed by atoms with Gasteiger partial charge in [0.15, 0.2) is 5.69 Å². The summed E-state index contributed by atoms with van der Waals surface area (Å²) in [5.41, 5.74) is 9.13. The molecule has 144 valence electrons. The molecule has 0 atom stereocenters. The largest absolute Gasteiger partial charge is 0.367 e. The monoisotopic (exact) mass is 369 g/mol. The first-order chi connectivity index (χ1) is 13.2. The molecule has 0 unspecified atom stereocenters. The van der Waals surface area contributed by atoms with Crippen molar-refractivity contribution >= 4 is 5.91 Å². The Morgan fingerprint density at radius 2 is 2.00 bits per heavy atom. The van der Waals surface area contributed by atoms with Crippen molar-refractivity contribution in [1.29, 1.82) is 0 Å². The minimum absolute atomic E-state index is 0.136. The number of hydrogen-bond acceptors (Lipinski definition) is 5. The van der Waals surface area contributed by atoms with Crippen LogP contribution in [-0.2, 0) is 30.9 Å². The van der Waals surface area contributed by atoms with E-state index in [1.807, 2.05) is 22.9 Å². The molecule has 1 saturated heterocycles. The van der Waals surface area contributed by atoms with Crippen LogP contribution in [0.2, 0.25) is 0 Å². The highest BCUT2D eigenvalue weighted by Gasteiger charge is 2.38. The molecule has 1 spiro atoms. The summed E-state index contributed by atoms with van der Waals surface area (Å²) in [7, 11) is 0. The van der Waals surface area contributed by atoms with Crippen LogP contribution in [0.4, 0.5) is 0 Å². The van der Waals surface area contributed by atoms with Gasteiger partial charge < -0.3 is 21.1 Å². The van der Waals surface area contributed by atoms with Gasteiger partial charge in [0, 0.05) is 6.54 Å². The summed E-state index contributed by atoms with van der Waals surface area (Å²) in [4.78, 5) is 12.5. The lowest BCUT2D eigenvalue weighted by molar-refractivity contribution is -0.109. The maximum atomic E-state index is 12.5. The van der Waals surface area contributed by atoms with Crippen LogP contribution in [0.1, 0.15) is 40.2 Å². The fraction of sp³-hybridized carbons (Fsp3) is 0.500. The number of aromatic nitrogens is 2. The van der Waals surface area contributed by atoms with Crippen LogP contribution in [0, 0.1) is 0 Å². The van der Waals surface area contributed by atoms with Crippen molar-refractivity contribution in [3.63, 3.8) is 0 Å². The van der Waals surface area contributed by atoms with Gasteiger partial charge in [-0.15, -0.1) is 0 Å². The molecule has 27 heavy (non-hydrogen) atoms. The number of nitrogens with zero attached hydrogens (tertiary/aromatic N) is 2. The van der Waals surface area contributed by atoms with Crippen molar-refractivity contribution in [3.05, 3.63) is 52.8 Å². The summed E-state index contributed by atoms with van der Waals surface area (Å²) in [5.74, 6) is -0.151. The lowest BCUT2D eigenvalue weighted by Crippen LogP contribution is -2.49. The number of ether oxygens (including phenoxy) is 1.